The average Bonchev–Trinajstić information content (AvgIpc) is 3.62. The van der Waals surface area contributed by atoms with Gasteiger partial charge in [0.2, 0.25) is 8.32 Å². The Balaban J connectivity index is 1.52. The van der Waals surface area contributed by atoms with Crippen LogP contribution in [0.1, 0.15) is 72.9 Å². The van der Waals surface area contributed by atoms with Gasteiger partial charge in [-0.2, -0.15) is 5.10 Å². The maximum atomic E-state index is 6.77. The highest BCUT2D eigenvalue weighted by molar-refractivity contribution is 6.74. The molecule has 3 N–H and O–H groups in total. The predicted molar refractivity (Wildman–Crippen MR) is 178 cm³/mol. The topological polar surface area (TPSA) is 105 Å². The number of anilines is 1. The third-order valence-corrected chi connectivity index (χ3v) is 13.9. The fourth-order valence-electron chi connectivity index (χ4n) is 5.04. The van der Waals surface area contributed by atoms with Crippen LogP contribution in [0, 0.1) is 0 Å². The van der Waals surface area contributed by atoms with Crippen molar-refractivity contribution in [2.75, 3.05) is 18.5 Å². The van der Waals surface area contributed by atoms with E-state index in [0.717, 1.165) is 58.7 Å². The second kappa shape index (κ2) is 11.3. The van der Waals surface area contributed by atoms with Gasteiger partial charge in [0.05, 0.1) is 52.5 Å². The van der Waals surface area contributed by atoms with Crippen LogP contribution in [-0.2, 0) is 20.5 Å². The first-order valence-electron chi connectivity index (χ1n) is 15.4. The molecule has 4 heterocycles. The third kappa shape index (κ3) is 6.22. The van der Waals surface area contributed by atoms with Gasteiger partial charge in [0, 0.05) is 18.3 Å². The van der Waals surface area contributed by atoms with E-state index in [1.807, 2.05) is 22.8 Å². The number of nitrogens with zero attached hydrogens (tertiary/aromatic N) is 3. The lowest BCUT2D eigenvalue weighted by molar-refractivity contribution is 0.00578. The molecule has 2 fully saturated rings. The van der Waals surface area contributed by atoms with E-state index in [-0.39, 0.29) is 11.1 Å². The van der Waals surface area contributed by atoms with Crippen LogP contribution in [0.25, 0.3) is 5.52 Å². The van der Waals surface area contributed by atoms with E-state index >= 15 is 0 Å². The number of benzene rings is 1. The molecule has 0 spiro atoms. The second-order valence-electron chi connectivity index (χ2n) is 14.3. The first kappa shape index (κ1) is 31.6. The summed E-state index contributed by atoms with van der Waals surface area (Å²) >= 11 is 0. The van der Waals surface area contributed by atoms with Gasteiger partial charge in [-0.05, 0) is 88.5 Å². The van der Waals surface area contributed by atoms with Gasteiger partial charge in [-0.1, -0.05) is 27.7 Å². The molecule has 0 aliphatic carbocycles. The van der Waals surface area contributed by atoms with Crippen LogP contribution in [-0.4, -0.2) is 61.3 Å². The van der Waals surface area contributed by atoms with E-state index in [1.165, 1.54) is 0 Å². The Kier molecular flexibility index (Phi) is 8.26. The average molecular weight is 606 g/mol. The van der Waals surface area contributed by atoms with Crippen LogP contribution < -0.4 is 20.9 Å². The molecule has 0 saturated carbocycles. The number of hydrogen-bond acceptors (Lipinski definition) is 7. The Hall–Kier alpha value is -2.86. The van der Waals surface area contributed by atoms with Gasteiger partial charge in [-0.3, -0.25) is 0 Å². The molecule has 0 bridgehead atoms. The zero-order chi connectivity index (χ0) is 31.4. The number of nitrogens with two attached hydrogens (primary N) is 1. The minimum Gasteiger partial charge on any atom is -0.543 e. The molecule has 2 aliphatic heterocycles. The summed E-state index contributed by atoms with van der Waals surface area (Å²) in [5.74, 6) is 1.28. The van der Waals surface area contributed by atoms with Crippen molar-refractivity contribution < 1.29 is 18.5 Å². The van der Waals surface area contributed by atoms with Gasteiger partial charge in [-0.25, -0.2) is 9.51 Å². The van der Waals surface area contributed by atoms with Gasteiger partial charge in [0.15, 0.2) is 0 Å². The second-order valence-corrected chi connectivity index (χ2v) is 19.1. The molecule has 232 valence electrons. The molecule has 0 unspecified atom stereocenters. The summed E-state index contributed by atoms with van der Waals surface area (Å²) in [6, 6.07) is 8.34. The van der Waals surface area contributed by atoms with Crippen LogP contribution in [0.2, 0.25) is 18.1 Å². The van der Waals surface area contributed by atoms with Crippen molar-refractivity contribution in [3.05, 3.63) is 47.8 Å². The van der Waals surface area contributed by atoms with Gasteiger partial charge in [-0.15, -0.1) is 0 Å². The summed E-state index contributed by atoms with van der Waals surface area (Å²) in [5, 5.41) is 8.52. The lowest BCUT2D eigenvalue weighted by Gasteiger charge is -2.36. The highest BCUT2D eigenvalue weighted by atomic mass is 28.4. The molecule has 2 aromatic heterocycles. The lowest BCUT2D eigenvalue weighted by atomic mass is 9.81. The molecular weight excluding hydrogens is 557 g/mol. The molecule has 2 aliphatic rings. The SMILES string of the molecule is CCc1cc(O[Si](C)(C)C(C)(C)C)ccc1N=C(N)c1cnn2cc(B3OC(C)(C)C(C)(C)O3)cc2c1N[C@@H]1CCOC1. The molecule has 9 nitrogen and oxygen atoms in total. The van der Waals surface area contributed by atoms with Crippen LogP contribution in [0.4, 0.5) is 11.4 Å². The maximum absolute atomic E-state index is 6.77. The number of aliphatic imine (C=N–C) groups is 1. The number of rotatable bonds is 8. The van der Waals surface area contributed by atoms with Crippen LogP contribution >= 0.6 is 0 Å². The van der Waals surface area contributed by atoms with Gasteiger partial charge in [0.25, 0.3) is 0 Å². The Morgan fingerprint density at radius 3 is 2.49 bits per heavy atom. The van der Waals surface area contributed by atoms with E-state index in [2.05, 4.69) is 85.9 Å². The van der Waals surface area contributed by atoms with Crippen molar-refractivity contribution >= 4 is 43.6 Å². The number of hydrogen-bond donors (Lipinski definition) is 2. The smallest absolute Gasteiger partial charge is 0.496 e. The summed E-state index contributed by atoms with van der Waals surface area (Å²) in [4.78, 5) is 4.93. The largest absolute Gasteiger partial charge is 0.543 e. The van der Waals surface area contributed by atoms with Gasteiger partial charge >= 0.3 is 7.12 Å². The van der Waals surface area contributed by atoms with Crippen molar-refractivity contribution in [2.45, 2.75) is 104 Å². The Morgan fingerprint density at radius 2 is 1.88 bits per heavy atom. The zero-order valence-electron chi connectivity index (χ0n) is 27.5. The van der Waals surface area contributed by atoms with E-state index in [1.54, 1.807) is 6.20 Å². The maximum Gasteiger partial charge on any atom is 0.496 e. The molecule has 0 radical (unpaired) electrons. The fourth-order valence-corrected chi connectivity index (χ4v) is 6.06. The Labute approximate surface area is 257 Å². The number of aromatic nitrogens is 2. The first-order chi connectivity index (χ1) is 20.0. The van der Waals surface area contributed by atoms with Crippen molar-refractivity contribution in [1.29, 1.82) is 0 Å². The molecule has 1 atom stereocenters. The highest BCUT2D eigenvalue weighted by Crippen LogP contribution is 2.39. The van der Waals surface area contributed by atoms with Gasteiger partial charge in [0.1, 0.15) is 11.6 Å². The summed E-state index contributed by atoms with van der Waals surface area (Å²) < 4.78 is 26.8. The summed E-state index contributed by atoms with van der Waals surface area (Å²) in [6.45, 7) is 23.0. The number of fused-ring (bicyclic) bond motifs is 1. The van der Waals surface area contributed by atoms with Crippen LogP contribution in [0.3, 0.4) is 0 Å². The van der Waals surface area contributed by atoms with E-state index in [0.29, 0.717) is 12.4 Å². The number of ether oxygens (including phenoxy) is 1. The molecule has 0 amide bonds. The number of amidine groups is 1. The lowest BCUT2D eigenvalue weighted by Crippen LogP contribution is -2.43. The van der Waals surface area contributed by atoms with Crippen molar-refractivity contribution in [3.63, 3.8) is 0 Å². The number of aryl methyl sites for hydroxylation is 1. The molecule has 3 aromatic rings. The van der Waals surface area contributed by atoms with Crippen LogP contribution in [0.15, 0.2) is 41.7 Å². The van der Waals surface area contributed by atoms with E-state index < -0.39 is 26.6 Å². The minimum absolute atomic E-state index is 0.112. The zero-order valence-corrected chi connectivity index (χ0v) is 28.5. The molecule has 5 rings (SSSR count). The molecule has 43 heavy (non-hydrogen) atoms. The monoisotopic (exact) mass is 605 g/mol. The Morgan fingerprint density at radius 1 is 1.19 bits per heavy atom. The molecule has 11 heteroatoms. The Bertz CT molecular complexity index is 1510. The fraction of sp³-hybridized carbons (Fsp3) is 0.562. The van der Waals surface area contributed by atoms with Gasteiger partial charge < -0.3 is 29.5 Å². The van der Waals surface area contributed by atoms with Crippen molar-refractivity contribution in [3.8, 4) is 5.75 Å². The van der Waals surface area contributed by atoms with Crippen molar-refractivity contribution in [1.82, 2.24) is 9.61 Å². The molecule has 2 saturated heterocycles. The number of nitrogens with one attached hydrogen (secondary N) is 1. The summed E-state index contributed by atoms with van der Waals surface area (Å²) in [7, 11) is -2.46. The third-order valence-electron chi connectivity index (χ3n) is 9.59. The standard InChI is InChI=1S/C32H48BN5O4Si/c1-11-21-16-24(40-43(9,10)30(2,3)4)12-13-26(21)37-29(34)25-18-35-38-19-22(33-41-31(5,6)32(7,8)42-33)17-27(38)28(25)36-23-14-15-39-20-23/h12-13,16-19,23,36H,11,14-15,20H2,1-10H3,(H2,34,37)/t23-/m1/s1. The summed E-state index contributed by atoms with van der Waals surface area (Å²) in [5.41, 5.74) is 11.2. The first-order valence-corrected chi connectivity index (χ1v) is 18.3. The van der Waals surface area contributed by atoms with E-state index in [4.69, 9.17) is 34.3 Å². The minimum atomic E-state index is -1.97. The van der Waals surface area contributed by atoms with Crippen LogP contribution in [0.5, 0.6) is 5.75 Å². The molecule has 1 aromatic carbocycles. The summed E-state index contributed by atoms with van der Waals surface area (Å²) in [6.07, 6.45) is 5.45. The predicted octanol–water partition coefficient (Wildman–Crippen LogP) is 5.82. The van der Waals surface area contributed by atoms with Crippen molar-refractivity contribution in [2.24, 2.45) is 10.7 Å². The normalized spacial score (nSPS) is 20.7. The molecular formula is C32H48BN5O4Si. The quantitative estimate of drug-likeness (QED) is 0.190. The van der Waals surface area contributed by atoms with E-state index in [9.17, 15) is 0 Å². The highest BCUT2D eigenvalue weighted by Gasteiger charge is 2.52.